The molecule has 0 unspecified atom stereocenters. The van der Waals surface area contributed by atoms with Gasteiger partial charge in [-0.25, -0.2) is 4.52 Å². The molecule has 1 saturated heterocycles. The first kappa shape index (κ1) is 10.2. The second-order valence-corrected chi connectivity index (χ2v) is 4.78. The Kier molecular flexibility index (Phi) is 1.97. The van der Waals surface area contributed by atoms with Gasteiger partial charge < -0.3 is 10.6 Å². The van der Waals surface area contributed by atoms with Gasteiger partial charge in [0.2, 0.25) is 0 Å². The summed E-state index contributed by atoms with van der Waals surface area (Å²) in [6.07, 6.45) is 6.57. The van der Waals surface area contributed by atoms with Gasteiger partial charge in [0.25, 0.3) is 5.91 Å². The van der Waals surface area contributed by atoms with Gasteiger partial charge in [-0.05, 0) is 6.92 Å². The van der Waals surface area contributed by atoms with Crippen molar-refractivity contribution in [3.63, 3.8) is 0 Å². The normalized spacial score (nSPS) is 18.1. The number of nitrogens with two attached hydrogens (primary N) is 1. The number of carbonyl (C=O) groups is 1. The zero-order valence-electron chi connectivity index (χ0n) is 9.50. The van der Waals surface area contributed by atoms with Crippen molar-refractivity contribution in [3.05, 3.63) is 30.4 Å². The minimum Gasteiger partial charge on any atom is -0.335 e. The predicted molar refractivity (Wildman–Crippen MR) is 61.5 cm³/mol. The molecule has 0 saturated carbocycles. The molecule has 3 heterocycles. The van der Waals surface area contributed by atoms with E-state index in [-0.39, 0.29) is 11.4 Å². The number of hydrogen-bond acceptors (Lipinski definition) is 4. The molecule has 0 aromatic carbocycles. The van der Waals surface area contributed by atoms with Crippen LogP contribution >= 0.6 is 0 Å². The maximum atomic E-state index is 12.2. The van der Waals surface area contributed by atoms with Crippen molar-refractivity contribution in [3.8, 4) is 0 Å². The molecule has 1 aliphatic rings. The number of nitrogens with zero attached hydrogens (tertiary/aromatic N) is 4. The van der Waals surface area contributed by atoms with Gasteiger partial charge in [-0.2, -0.15) is 5.10 Å². The number of likely N-dealkylation sites (tertiary alicyclic amines) is 1. The first-order valence-corrected chi connectivity index (χ1v) is 5.42. The van der Waals surface area contributed by atoms with E-state index in [9.17, 15) is 4.79 Å². The maximum Gasteiger partial charge on any atom is 0.257 e. The second-order valence-electron chi connectivity index (χ2n) is 4.78. The molecule has 0 bridgehead atoms. The Morgan fingerprint density at radius 3 is 2.94 bits per heavy atom. The van der Waals surface area contributed by atoms with Gasteiger partial charge in [-0.15, -0.1) is 0 Å². The average Bonchev–Trinajstić information content (AvgIpc) is 2.68. The van der Waals surface area contributed by atoms with Crippen LogP contribution in [0.5, 0.6) is 0 Å². The van der Waals surface area contributed by atoms with Crippen LogP contribution in [0.25, 0.3) is 5.52 Å². The van der Waals surface area contributed by atoms with E-state index in [4.69, 9.17) is 5.73 Å². The van der Waals surface area contributed by atoms with Crippen LogP contribution in [0.1, 0.15) is 17.3 Å². The smallest absolute Gasteiger partial charge is 0.257 e. The minimum atomic E-state index is -0.253. The molecule has 1 fully saturated rings. The van der Waals surface area contributed by atoms with Gasteiger partial charge in [0.15, 0.2) is 0 Å². The largest absolute Gasteiger partial charge is 0.335 e. The summed E-state index contributed by atoms with van der Waals surface area (Å²) in [5, 5.41) is 4.11. The van der Waals surface area contributed by atoms with E-state index in [1.54, 1.807) is 34.2 Å². The van der Waals surface area contributed by atoms with Gasteiger partial charge in [0, 0.05) is 31.0 Å². The molecule has 2 aromatic rings. The fraction of sp³-hybridized carbons (Fsp3) is 0.364. The number of rotatable bonds is 1. The third kappa shape index (κ3) is 1.57. The molecule has 6 heteroatoms. The lowest BCUT2D eigenvalue weighted by atomic mass is 9.93. The summed E-state index contributed by atoms with van der Waals surface area (Å²) < 4.78 is 1.64. The summed E-state index contributed by atoms with van der Waals surface area (Å²) in [4.78, 5) is 17.9. The number of carbonyl (C=O) groups excluding carboxylic acids is 1. The SMILES string of the molecule is CC1(N)CN(C(=O)c2cnn3ccncc23)C1. The van der Waals surface area contributed by atoms with Crippen LogP contribution in [0.15, 0.2) is 24.8 Å². The molecule has 0 radical (unpaired) electrons. The molecule has 0 aliphatic carbocycles. The van der Waals surface area contributed by atoms with Crippen molar-refractivity contribution in [2.75, 3.05) is 13.1 Å². The lowest BCUT2D eigenvalue weighted by Crippen LogP contribution is -2.66. The fourth-order valence-corrected chi connectivity index (χ4v) is 2.14. The van der Waals surface area contributed by atoms with Crippen LogP contribution in [0.3, 0.4) is 0 Å². The van der Waals surface area contributed by atoms with Crippen LogP contribution in [0.4, 0.5) is 0 Å². The summed E-state index contributed by atoms with van der Waals surface area (Å²) in [5.74, 6) is -0.0316. The van der Waals surface area contributed by atoms with Crippen molar-refractivity contribution < 1.29 is 4.79 Å². The summed E-state index contributed by atoms with van der Waals surface area (Å²) in [5.41, 5.74) is 6.94. The second kappa shape index (κ2) is 3.27. The monoisotopic (exact) mass is 231 g/mol. The highest BCUT2D eigenvalue weighted by molar-refractivity contribution is 6.01. The third-order valence-electron chi connectivity index (χ3n) is 2.95. The summed E-state index contributed by atoms with van der Waals surface area (Å²) >= 11 is 0. The van der Waals surface area contributed by atoms with Crippen molar-refractivity contribution in [1.82, 2.24) is 19.5 Å². The minimum absolute atomic E-state index is 0.0316. The highest BCUT2D eigenvalue weighted by Crippen LogP contribution is 2.21. The number of aromatic nitrogens is 3. The van der Waals surface area contributed by atoms with Crippen molar-refractivity contribution >= 4 is 11.4 Å². The van der Waals surface area contributed by atoms with E-state index in [0.717, 1.165) is 5.52 Å². The van der Waals surface area contributed by atoms with Crippen molar-refractivity contribution in [2.24, 2.45) is 5.73 Å². The highest BCUT2D eigenvalue weighted by Gasteiger charge is 2.38. The average molecular weight is 231 g/mol. The summed E-state index contributed by atoms with van der Waals surface area (Å²) in [6.45, 7) is 3.11. The van der Waals surface area contributed by atoms with Crippen LogP contribution in [-0.4, -0.2) is 44.0 Å². The molecular formula is C11H13N5O. The molecule has 17 heavy (non-hydrogen) atoms. The standard InChI is InChI=1S/C11H13N5O/c1-11(12)6-15(7-11)10(17)8-4-14-16-3-2-13-5-9(8)16/h2-5H,6-7,12H2,1H3. The first-order chi connectivity index (χ1) is 8.07. The Hall–Kier alpha value is -1.95. The Morgan fingerprint density at radius 2 is 2.24 bits per heavy atom. The fourth-order valence-electron chi connectivity index (χ4n) is 2.14. The molecule has 1 amide bonds. The highest BCUT2D eigenvalue weighted by atomic mass is 16.2. The van der Waals surface area contributed by atoms with Gasteiger partial charge >= 0.3 is 0 Å². The summed E-state index contributed by atoms with van der Waals surface area (Å²) in [6, 6.07) is 0. The van der Waals surface area contributed by atoms with E-state index in [1.165, 1.54) is 0 Å². The number of hydrogen-bond donors (Lipinski definition) is 1. The molecule has 6 nitrogen and oxygen atoms in total. The van der Waals surface area contributed by atoms with Crippen LogP contribution in [0, 0.1) is 0 Å². The van der Waals surface area contributed by atoms with E-state index >= 15 is 0 Å². The molecule has 3 rings (SSSR count). The van der Waals surface area contributed by atoms with E-state index in [1.807, 2.05) is 6.92 Å². The zero-order chi connectivity index (χ0) is 12.0. The lowest BCUT2D eigenvalue weighted by molar-refractivity contribution is 0.0455. The Bertz CT molecular complexity index is 580. The molecule has 88 valence electrons. The van der Waals surface area contributed by atoms with E-state index in [0.29, 0.717) is 18.7 Å². The maximum absolute atomic E-state index is 12.2. The van der Waals surface area contributed by atoms with E-state index in [2.05, 4.69) is 10.1 Å². The lowest BCUT2D eigenvalue weighted by Gasteiger charge is -2.45. The number of fused-ring (bicyclic) bond motifs is 1. The third-order valence-corrected chi connectivity index (χ3v) is 2.95. The Balaban J connectivity index is 1.92. The van der Waals surface area contributed by atoms with Crippen molar-refractivity contribution in [2.45, 2.75) is 12.5 Å². The Labute approximate surface area is 98.0 Å². The first-order valence-electron chi connectivity index (χ1n) is 5.42. The molecule has 2 aromatic heterocycles. The molecular weight excluding hydrogens is 218 g/mol. The molecule has 1 aliphatic heterocycles. The van der Waals surface area contributed by atoms with Crippen LogP contribution in [-0.2, 0) is 0 Å². The Morgan fingerprint density at radius 1 is 1.47 bits per heavy atom. The molecule has 2 N–H and O–H groups in total. The van der Waals surface area contributed by atoms with Gasteiger partial charge in [-0.1, -0.05) is 0 Å². The molecule has 0 atom stereocenters. The topological polar surface area (TPSA) is 76.5 Å². The van der Waals surface area contributed by atoms with E-state index < -0.39 is 0 Å². The van der Waals surface area contributed by atoms with Crippen LogP contribution in [0.2, 0.25) is 0 Å². The van der Waals surface area contributed by atoms with Gasteiger partial charge in [0.05, 0.1) is 23.5 Å². The summed E-state index contributed by atoms with van der Waals surface area (Å²) in [7, 11) is 0. The van der Waals surface area contributed by atoms with Crippen molar-refractivity contribution in [1.29, 1.82) is 0 Å². The van der Waals surface area contributed by atoms with Gasteiger partial charge in [0.1, 0.15) is 0 Å². The predicted octanol–water partition coefficient (Wildman–Crippen LogP) is -0.0975. The quantitative estimate of drug-likeness (QED) is 0.743. The number of amides is 1. The van der Waals surface area contributed by atoms with Crippen LogP contribution < -0.4 is 5.73 Å². The van der Waals surface area contributed by atoms with Gasteiger partial charge in [-0.3, -0.25) is 9.78 Å². The zero-order valence-corrected chi connectivity index (χ0v) is 9.50. The molecule has 0 spiro atoms.